The average Bonchev–Trinajstić information content (AvgIpc) is 2.96. The third-order valence-corrected chi connectivity index (χ3v) is 5.23. The molecule has 0 unspecified atom stereocenters. The van der Waals surface area contributed by atoms with E-state index in [4.69, 9.17) is 0 Å². The maximum atomic E-state index is 12.5. The average molecular weight is 375 g/mol. The highest BCUT2D eigenvalue weighted by Gasteiger charge is 2.26. The van der Waals surface area contributed by atoms with Gasteiger partial charge in [-0.3, -0.25) is 10.1 Å². The van der Waals surface area contributed by atoms with Crippen molar-refractivity contribution in [1.82, 2.24) is 19.7 Å². The summed E-state index contributed by atoms with van der Waals surface area (Å²) in [7, 11) is -3.90. The Hall–Kier alpha value is -2.85. The molecular formula is C16H17N5O4S. The Morgan fingerprint density at radius 1 is 1.15 bits per heavy atom. The van der Waals surface area contributed by atoms with Crippen molar-refractivity contribution in [3.8, 4) is 5.69 Å². The van der Waals surface area contributed by atoms with Crippen molar-refractivity contribution in [1.29, 1.82) is 0 Å². The van der Waals surface area contributed by atoms with Crippen molar-refractivity contribution in [2.75, 3.05) is 0 Å². The highest BCUT2D eigenvalue weighted by Crippen LogP contribution is 2.28. The number of aromatic nitrogens is 3. The van der Waals surface area contributed by atoms with Crippen LogP contribution in [0.1, 0.15) is 20.8 Å². The second-order valence-electron chi connectivity index (χ2n) is 6.75. The number of nitro benzene ring substituents is 1. The van der Waals surface area contributed by atoms with Crippen LogP contribution in [0.5, 0.6) is 0 Å². The van der Waals surface area contributed by atoms with Crippen molar-refractivity contribution >= 4 is 26.7 Å². The summed E-state index contributed by atoms with van der Waals surface area (Å²) in [4.78, 5) is 10.7. The van der Waals surface area contributed by atoms with Gasteiger partial charge < -0.3 is 0 Å². The molecular weight excluding hydrogens is 358 g/mol. The fraction of sp³-hybridized carbons (Fsp3) is 0.250. The Bertz CT molecular complexity index is 1100. The highest BCUT2D eigenvalue weighted by molar-refractivity contribution is 7.89. The van der Waals surface area contributed by atoms with Gasteiger partial charge in [-0.2, -0.15) is 0 Å². The maximum Gasteiger partial charge on any atom is 0.296 e. The van der Waals surface area contributed by atoms with Crippen molar-refractivity contribution in [2.24, 2.45) is 0 Å². The van der Waals surface area contributed by atoms with E-state index >= 15 is 0 Å². The molecule has 0 aliphatic rings. The molecule has 9 nitrogen and oxygen atoms in total. The zero-order valence-corrected chi connectivity index (χ0v) is 15.2. The third-order valence-electron chi connectivity index (χ3n) is 3.47. The number of nitrogens with one attached hydrogen (secondary N) is 1. The summed E-state index contributed by atoms with van der Waals surface area (Å²) in [5.74, 6) is 0. The summed E-state index contributed by atoms with van der Waals surface area (Å²) in [5.41, 5.74) is 0.205. The first-order chi connectivity index (χ1) is 12.1. The fourth-order valence-electron chi connectivity index (χ4n) is 2.50. The Morgan fingerprint density at radius 3 is 2.50 bits per heavy atom. The molecule has 3 aromatic rings. The number of rotatable bonds is 4. The van der Waals surface area contributed by atoms with Crippen molar-refractivity contribution in [3.05, 3.63) is 52.6 Å². The molecule has 0 saturated carbocycles. The Morgan fingerprint density at radius 2 is 1.85 bits per heavy atom. The minimum atomic E-state index is -3.90. The number of nitrogens with zero attached hydrogens (tertiary/aromatic N) is 4. The summed E-state index contributed by atoms with van der Waals surface area (Å²) >= 11 is 0. The van der Waals surface area contributed by atoms with Gasteiger partial charge in [-0.25, -0.2) is 17.8 Å². The van der Waals surface area contributed by atoms with E-state index in [0.717, 1.165) is 6.07 Å². The standard InChI is InChI=1S/C16H17N5O4S/c1-16(2,3)18-26(24,25)11-8-9-14(15(10-11)21(22)23)20-13-7-5-4-6-12(13)17-19-20/h4-10,18H,1-3H3. The van der Waals surface area contributed by atoms with Crippen LogP contribution in [0, 0.1) is 10.1 Å². The minimum Gasteiger partial charge on any atom is -0.258 e. The summed E-state index contributed by atoms with van der Waals surface area (Å²) < 4.78 is 28.7. The van der Waals surface area contributed by atoms with E-state index in [2.05, 4.69) is 15.0 Å². The van der Waals surface area contributed by atoms with Gasteiger partial charge in [-0.05, 0) is 45.0 Å². The summed E-state index contributed by atoms with van der Waals surface area (Å²) in [5, 5.41) is 19.5. The first-order valence-corrected chi connectivity index (χ1v) is 9.20. The van der Waals surface area contributed by atoms with E-state index in [1.54, 1.807) is 45.0 Å². The van der Waals surface area contributed by atoms with Crippen LogP contribution in [-0.4, -0.2) is 33.9 Å². The second kappa shape index (κ2) is 6.15. The normalized spacial score (nSPS) is 12.4. The number of para-hydroxylation sites is 1. The van der Waals surface area contributed by atoms with Crippen LogP contribution in [0.3, 0.4) is 0 Å². The van der Waals surface area contributed by atoms with Crippen LogP contribution < -0.4 is 4.72 Å². The van der Waals surface area contributed by atoms with E-state index in [9.17, 15) is 18.5 Å². The van der Waals surface area contributed by atoms with E-state index < -0.39 is 20.5 Å². The largest absolute Gasteiger partial charge is 0.296 e. The van der Waals surface area contributed by atoms with Crippen molar-refractivity contribution < 1.29 is 13.3 Å². The van der Waals surface area contributed by atoms with Crippen molar-refractivity contribution in [2.45, 2.75) is 31.2 Å². The van der Waals surface area contributed by atoms with E-state index in [0.29, 0.717) is 11.0 Å². The van der Waals surface area contributed by atoms with Gasteiger partial charge in [0.05, 0.1) is 15.3 Å². The molecule has 10 heteroatoms. The van der Waals surface area contributed by atoms with Crippen LogP contribution in [0.15, 0.2) is 47.4 Å². The van der Waals surface area contributed by atoms with Gasteiger partial charge >= 0.3 is 0 Å². The fourth-order valence-corrected chi connectivity index (χ4v) is 3.94. The molecule has 1 N–H and O–H groups in total. The monoisotopic (exact) mass is 375 g/mol. The molecule has 0 amide bonds. The maximum absolute atomic E-state index is 12.5. The smallest absolute Gasteiger partial charge is 0.258 e. The lowest BCUT2D eigenvalue weighted by molar-refractivity contribution is -0.384. The minimum absolute atomic E-state index is 0.137. The summed E-state index contributed by atoms with van der Waals surface area (Å²) in [6.45, 7) is 5.07. The number of sulfonamides is 1. The zero-order valence-electron chi connectivity index (χ0n) is 14.4. The van der Waals surface area contributed by atoms with Gasteiger partial charge in [0, 0.05) is 11.6 Å². The van der Waals surface area contributed by atoms with Gasteiger partial charge in [-0.15, -0.1) is 5.10 Å². The lowest BCUT2D eigenvalue weighted by atomic mass is 10.1. The Labute approximate surface area is 149 Å². The van der Waals surface area contributed by atoms with Crippen LogP contribution in [0.25, 0.3) is 16.7 Å². The lowest BCUT2D eigenvalue weighted by Gasteiger charge is -2.20. The molecule has 0 fully saturated rings. The molecule has 0 aliphatic heterocycles. The van der Waals surface area contributed by atoms with E-state index in [1.807, 2.05) is 0 Å². The van der Waals surface area contributed by atoms with E-state index in [1.165, 1.54) is 16.8 Å². The molecule has 0 radical (unpaired) electrons. The second-order valence-corrected chi connectivity index (χ2v) is 8.44. The van der Waals surface area contributed by atoms with Crippen LogP contribution in [-0.2, 0) is 10.0 Å². The Kier molecular flexibility index (Phi) is 4.24. The molecule has 1 heterocycles. The highest BCUT2D eigenvalue weighted by atomic mass is 32.2. The van der Waals surface area contributed by atoms with Gasteiger partial charge in [0.15, 0.2) is 0 Å². The summed E-state index contributed by atoms with van der Waals surface area (Å²) in [6, 6.07) is 10.7. The van der Waals surface area contributed by atoms with Gasteiger partial charge in [0.25, 0.3) is 5.69 Å². The molecule has 0 spiro atoms. The predicted molar refractivity (Wildman–Crippen MR) is 95.6 cm³/mol. The molecule has 26 heavy (non-hydrogen) atoms. The molecule has 0 atom stereocenters. The number of benzene rings is 2. The number of nitro groups is 1. The zero-order chi connectivity index (χ0) is 19.1. The van der Waals surface area contributed by atoms with Gasteiger partial charge in [0.1, 0.15) is 11.2 Å². The van der Waals surface area contributed by atoms with Gasteiger partial charge in [0.2, 0.25) is 10.0 Å². The molecule has 3 rings (SSSR count). The topological polar surface area (TPSA) is 120 Å². The van der Waals surface area contributed by atoms with Crippen LogP contribution in [0.2, 0.25) is 0 Å². The van der Waals surface area contributed by atoms with Gasteiger partial charge in [-0.1, -0.05) is 17.3 Å². The molecule has 0 bridgehead atoms. The first kappa shape index (κ1) is 18.0. The Balaban J connectivity index is 2.16. The third kappa shape index (κ3) is 3.41. The number of fused-ring (bicyclic) bond motifs is 1. The molecule has 0 aliphatic carbocycles. The SMILES string of the molecule is CC(C)(C)NS(=O)(=O)c1ccc(-n2nnc3ccccc32)c([N+](=O)[O-])c1. The number of hydrogen-bond acceptors (Lipinski definition) is 6. The number of hydrogen-bond donors (Lipinski definition) is 1. The van der Waals surface area contributed by atoms with E-state index in [-0.39, 0.29) is 16.3 Å². The molecule has 0 saturated heterocycles. The quantitative estimate of drug-likeness (QED) is 0.552. The van der Waals surface area contributed by atoms with Crippen molar-refractivity contribution in [3.63, 3.8) is 0 Å². The van der Waals surface area contributed by atoms with Crippen LogP contribution in [0.4, 0.5) is 5.69 Å². The molecule has 136 valence electrons. The predicted octanol–water partition coefficient (Wildman–Crippen LogP) is 2.41. The summed E-state index contributed by atoms with van der Waals surface area (Å²) in [6.07, 6.45) is 0. The lowest BCUT2D eigenvalue weighted by Crippen LogP contribution is -2.40. The first-order valence-electron chi connectivity index (χ1n) is 7.72. The molecule has 2 aromatic carbocycles. The van der Waals surface area contributed by atoms with Crippen LogP contribution >= 0.6 is 0 Å². The molecule has 1 aromatic heterocycles.